The van der Waals surface area contributed by atoms with E-state index in [9.17, 15) is 4.79 Å². The molecule has 2 rings (SSSR count). The molecule has 0 aliphatic carbocycles. The topological polar surface area (TPSA) is 51.5 Å². The molecular weight excluding hydrogens is 282 g/mol. The first-order valence-electron chi connectivity index (χ1n) is 5.50. The van der Waals surface area contributed by atoms with Gasteiger partial charge >= 0.3 is 0 Å². The van der Waals surface area contributed by atoms with E-state index in [0.717, 1.165) is 5.82 Å². The van der Waals surface area contributed by atoms with Crippen LogP contribution in [0.4, 0.5) is 0 Å². The fourth-order valence-electron chi connectivity index (χ4n) is 1.59. The molecular formula is C11H13N5OS2. The molecule has 0 atom stereocenters. The molecule has 2 aliphatic rings. The van der Waals surface area contributed by atoms with E-state index in [1.165, 1.54) is 16.7 Å². The standard InChI is InChI=1S/C11H13N5OS2/c1-4-7-16-10(17)8(19-11(16)18)5-6-9-14(2)12-13-15(9)3/h4-6H,1,7H2,2-3H3. The Kier molecular flexibility index (Phi) is 4.01. The largest absolute Gasteiger partial charge is 0.289 e. The smallest absolute Gasteiger partial charge is 0.266 e. The maximum atomic E-state index is 12.1. The van der Waals surface area contributed by atoms with Crippen molar-refractivity contribution in [3.8, 4) is 0 Å². The van der Waals surface area contributed by atoms with Gasteiger partial charge in [0.2, 0.25) is 0 Å². The van der Waals surface area contributed by atoms with Gasteiger partial charge in [-0.15, -0.1) is 6.58 Å². The number of allylic oxidation sites excluding steroid dienone is 2. The lowest BCUT2D eigenvalue weighted by Gasteiger charge is -2.11. The molecule has 0 aromatic carbocycles. The van der Waals surface area contributed by atoms with Crippen LogP contribution < -0.4 is 0 Å². The maximum absolute atomic E-state index is 12.1. The minimum atomic E-state index is -0.0936. The first kappa shape index (κ1) is 13.8. The number of amides is 1. The van der Waals surface area contributed by atoms with E-state index in [4.69, 9.17) is 12.2 Å². The summed E-state index contributed by atoms with van der Waals surface area (Å²) in [5, 5.41) is 11.0. The third kappa shape index (κ3) is 2.69. The van der Waals surface area contributed by atoms with Crippen molar-refractivity contribution in [3.63, 3.8) is 0 Å². The Balaban J connectivity index is 2.17. The van der Waals surface area contributed by atoms with Gasteiger partial charge in [-0.05, 0) is 22.6 Å². The molecule has 6 nitrogen and oxygen atoms in total. The lowest BCUT2D eigenvalue weighted by molar-refractivity contribution is -0.121. The number of thioether (sulfide) groups is 1. The molecule has 0 aromatic heterocycles. The second-order valence-electron chi connectivity index (χ2n) is 3.85. The Morgan fingerprint density at radius 3 is 2.53 bits per heavy atom. The SMILES string of the molecule is C=CCN1C(=O)C(=CC=C2N(C)N=NN2C)SC1=S. The van der Waals surface area contributed by atoms with E-state index in [1.807, 2.05) is 0 Å². The van der Waals surface area contributed by atoms with Crippen LogP contribution in [0, 0.1) is 0 Å². The maximum Gasteiger partial charge on any atom is 0.266 e. The molecule has 100 valence electrons. The van der Waals surface area contributed by atoms with Crippen molar-refractivity contribution in [3.05, 3.63) is 35.5 Å². The van der Waals surface area contributed by atoms with Gasteiger partial charge in [0.15, 0.2) is 0 Å². The van der Waals surface area contributed by atoms with Crippen molar-refractivity contribution in [2.75, 3.05) is 20.6 Å². The normalized spacial score (nSPS) is 21.1. The van der Waals surface area contributed by atoms with Crippen LogP contribution >= 0.6 is 24.0 Å². The van der Waals surface area contributed by atoms with Crippen molar-refractivity contribution in [1.29, 1.82) is 0 Å². The Labute approximate surface area is 121 Å². The van der Waals surface area contributed by atoms with Crippen LogP contribution in [0.15, 0.2) is 46.0 Å². The second-order valence-corrected chi connectivity index (χ2v) is 5.53. The van der Waals surface area contributed by atoms with Gasteiger partial charge in [0.25, 0.3) is 5.91 Å². The van der Waals surface area contributed by atoms with E-state index in [2.05, 4.69) is 17.0 Å². The highest BCUT2D eigenvalue weighted by Crippen LogP contribution is 2.31. The zero-order valence-corrected chi connectivity index (χ0v) is 12.2. The lowest BCUT2D eigenvalue weighted by atomic mass is 10.4. The summed E-state index contributed by atoms with van der Waals surface area (Å²) >= 11 is 6.44. The van der Waals surface area contributed by atoms with Crippen molar-refractivity contribution < 1.29 is 4.79 Å². The molecule has 0 unspecified atom stereocenters. The third-order valence-corrected chi connectivity index (χ3v) is 3.94. The minimum absolute atomic E-state index is 0.0936. The van der Waals surface area contributed by atoms with E-state index in [-0.39, 0.29) is 5.91 Å². The first-order chi connectivity index (χ1) is 9.04. The Hall–Kier alpha value is -1.67. The van der Waals surface area contributed by atoms with Crippen LogP contribution in [-0.4, -0.2) is 45.8 Å². The predicted molar refractivity (Wildman–Crippen MR) is 78.6 cm³/mol. The summed E-state index contributed by atoms with van der Waals surface area (Å²) < 4.78 is 0.553. The highest BCUT2D eigenvalue weighted by atomic mass is 32.2. The summed E-state index contributed by atoms with van der Waals surface area (Å²) in [5.74, 6) is 0.693. The van der Waals surface area contributed by atoms with Gasteiger partial charge in [-0.25, -0.2) is 10.0 Å². The van der Waals surface area contributed by atoms with Gasteiger partial charge in [0.1, 0.15) is 10.1 Å². The van der Waals surface area contributed by atoms with Crippen LogP contribution in [0.5, 0.6) is 0 Å². The van der Waals surface area contributed by atoms with Crippen LogP contribution in [0.3, 0.4) is 0 Å². The number of carbonyl (C=O) groups is 1. The fraction of sp³-hybridized carbons (Fsp3) is 0.273. The Morgan fingerprint density at radius 1 is 1.32 bits per heavy atom. The van der Waals surface area contributed by atoms with Gasteiger partial charge in [0, 0.05) is 20.6 Å². The molecule has 0 bridgehead atoms. The molecule has 0 saturated carbocycles. The van der Waals surface area contributed by atoms with Crippen molar-refractivity contribution >= 4 is 34.2 Å². The summed E-state index contributed by atoms with van der Waals surface area (Å²) in [7, 11) is 3.57. The molecule has 0 aromatic rings. The highest BCUT2D eigenvalue weighted by Gasteiger charge is 2.30. The van der Waals surface area contributed by atoms with Crippen LogP contribution in [0.1, 0.15) is 0 Å². The zero-order chi connectivity index (χ0) is 14.0. The van der Waals surface area contributed by atoms with Gasteiger partial charge in [0.05, 0.1) is 4.91 Å². The van der Waals surface area contributed by atoms with E-state index in [0.29, 0.717) is 15.8 Å². The summed E-state index contributed by atoms with van der Waals surface area (Å²) in [5.41, 5.74) is 0. The summed E-state index contributed by atoms with van der Waals surface area (Å²) in [6.07, 6.45) is 5.18. The average Bonchev–Trinajstić information content (AvgIpc) is 2.82. The Bertz CT molecular complexity index is 511. The number of thiocarbonyl (C=S) groups is 1. The van der Waals surface area contributed by atoms with Gasteiger partial charge in [-0.2, -0.15) is 0 Å². The Morgan fingerprint density at radius 2 is 1.95 bits per heavy atom. The molecule has 19 heavy (non-hydrogen) atoms. The molecule has 8 heteroatoms. The molecule has 1 fully saturated rings. The van der Waals surface area contributed by atoms with E-state index < -0.39 is 0 Å². The van der Waals surface area contributed by atoms with Crippen LogP contribution in [-0.2, 0) is 4.79 Å². The first-order valence-corrected chi connectivity index (χ1v) is 6.72. The van der Waals surface area contributed by atoms with Gasteiger partial charge in [-0.1, -0.05) is 30.1 Å². The fourth-order valence-corrected chi connectivity index (χ4v) is 2.80. The molecule has 1 amide bonds. The number of carbonyl (C=O) groups excluding carboxylic acids is 1. The van der Waals surface area contributed by atoms with Crippen LogP contribution in [0.2, 0.25) is 0 Å². The van der Waals surface area contributed by atoms with E-state index in [1.54, 1.807) is 42.3 Å². The molecule has 0 N–H and O–H groups in total. The van der Waals surface area contributed by atoms with Crippen LogP contribution in [0.25, 0.3) is 0 Å². The van der Waals surface area contributed by atoms with Gasteiger partial charge < -0.3 is 0 Å². The monoisotopic (exact) mass is 295 g/mol. The average molecular weight is 295 g/mol. The summed E-state index contributed by atoms with van der Waals surface area (Å²) in [6, 6.07) is 0. The van der Waals surface area contributed by atoms with Crippen molar-refractivity contribution in [2.45, 2.75) is 0 Å². The number of hydrogen-bond donors (Lipinski definition) is 0. The summed E-state index contributed by atoms with van der Waals surface area (Å²) in [6.45, 7) is 4.05. The quantitative estimate of drug-likeness (QED) is 0.452. The third-order valence-electron chi connectivity index (χ3n) is 2.54. The lowest BCUT2D eigenvalue weighted by Crippen LogP contribution is -2.27. The summed E-state index contributed by atoms with van der Waals surface area (Å²) in [4.78, 5) is 14.2. The molecule has 0 spiro atoms. The molecule has 0 radical (unpaired) electrons. The molecule has 1 saturated heterocycles. The zero-order valence-electron chi connectivity index (χ0n) is 10.6. The number of rotatable bonds is 3. The highest BCUT2D eigenvalue weighted by molar-refractivity contribution is 8.26. The number of nitrogens with zero attached hydrogens (tertiary/aromatic N) is 5. The number of hydrogen-bond acceptors (Lipinski definition) is 7. The van der Waals surface area contributed by atoms with E-state index >= 15 is 0 Å². The minimum Gasteiger partial charge on any atom is -0.289 e. The molecule has 2 aliphatic heterocycles. The molecule has 2 heterocycles. The van der Waals surface area contributed by atoms with Crippen molar-refractivity contribution in [2.24, 2.45) is 10.4 Å². The second kappa shape index (κ2) is 5.54. The van der Waals surface area contributed by atoms with Crippen molar-refractivity contribution in [1.82, 2.24) is 14.9 Å². The predicted octanol–water partition coefficient (Wildman–Crippen LogP) is 1.92. The van der Waals surface area contributed by atoms with Gasteiger partial charge in [-0.3, -0.25) is 9.69 Å².